The highest BCUT2D eigenvalue weighted by molar-refractivity contribution is 5.33. The van der Waals surface area contributed by atoms with Crippen LogP contribution in [-0.4, -0.2) is 12.2 Å². The fraction of sp³-hybridized carbons (Fsp3) is 0.611. The smallest absolute Gasteiger partial charge is 0.0991 e. The Hall–Kier alpha value is -1.33. The van der Waals surface area contributed by atoms with Gasteiger partial charge in [-0.1, -0.05) is 19.1 Å². The molecule has 0 bridgehead atoms. The first-order chi connectivity index (χ1) is 9.80. The second kappa shape index (κ2) is 5.97. The molecule has 0 aromatic heterocycles. The molecule has 0 unspecified atom stereocenters. The highest BCUT2D eigenvalue weighted by Crippen LogP contribution is 2.41. The number of nitriles is 1. The summed E-state index contributed by atoms with van der Waals surface area (Å²) in [5.41, 5.74) is 2.18. The minimum Gasteiger partial charge on any atom is -0.370 e. The maximum Gasteiger partial charge on any atom is 0.0991 e. The molecule has 2 nitrogen and oxygen atoms in total. The van der Waals surface area contributed by atoms with Gasteiger partial charge in [-0.3, -0.25) is 0 Å². The molecule has 1 heterocycles. The normalized spacial score (nSPS) is 32.6. The maximum atomic E-state index is 8.84. The van der Waals surface area contributed by atoms with Crippen molar-refractivity contribution in [3.05, 3.63) is 35.4 Å². The van der Waals surface area contributed by atoms with Crippen molar-refractivity contribution in [2.75, 3.05) is 0 Å². The average Bonchev–Trinajstić information content (AvgIpc) is 3.26. The van der Waals surface area contributed by atoms with E-state index in [9.17, 15) is 0 Å². The van der Waals surface area contributed by atoms with Gasteiger partial charge in [-0.05, 0) is 68.1 Å². The minimum absolute atomic E-state index is 0.561. The highest BCUT2D eigenvalue weighted by atomic mass is 16.6. The molecule has 2 atom stereocenters. The van der Waals surface area contributed by atoms with Gasteiger partial charge in [0.15, 0.2) is 0 Å². The van der Waals surface area contributed by atoms with E-state index >= 15 is 0 Å². The molecule has 2 fully saturated rings. The molecule has 1 aromatic rings. The molecule has 1 saturated carbocycles. The summed E-state index contributed by atoms with van der Waals surface area (Å²) in [6.07, 6.45) is 8.83. The van der Waals surface area contributed by atoms with Crippen molar-refractivity contribution in [3.8, 4) is 6.07 Å². The van der Waals surface area contributed by atoms with Crippen LogP contribution in [0.5, 0.6) is 0 Å². The third-order valence-electron chi connectivity index (χ3n) is 5.01. The molecule has 0 amide bonds. The molecular formula is C18H23NO. The maximum absolute atomic E-state index is 8.84. The lowest BCUT2D eigenvalue weighted by molar-refractivity contribution is 0.273. The number of benzene rings is 1. The molecule has 2 aliphatic rings. The summed E-state index contributed by atoms with van der Waals surface area (Å²) in [7, 11) is 0. The Labute approximate surface area is 121 Å². The quantitative estimate of drug-likeness (QED) is 0.760. The standard InChI is InChI=1S/C18H23NO/c1-2-17-18(20-17)11-13-3-7-15(8-4-13)16-9-5-14(12-19)6-10-16/h5-6,9-10,13,15,17-18H,2-4,7-8,11H2,1H3/t13?,15?,17-,18-/m0/s1. The Morgan fingerprint density at radius 1 is 1.10 bits per heavy atom. The van der Waals surface area contributed by atoms with Crippen LogP contribution in [0.3, 0.4) is 0 Å². The van der Waals surface area contributed by atoms with Crippen LogP contribution in [0.2, 0.25) is 0 Å². The summed E-state index contributed by atoms with van der Waals surface area (Å²) in [6.45, 7) is 2.21. The first-order valence-electron chi connectivity index (χ1n) is 7.95. The van der Waals surface area contributed by atoms with Crippen LogP contribution in [0.4, 0.5) is 0 Å². The van der Waals surface area contributed by atoms with Crippen LogP contribution in [-0.2, 0) is 4.74 Å². The fourth-order valence-electron chi connectivity index (χ4n) is 3.64. The molecule has 3 rings (SSSR count). The van der Waals surface area contributed by atoms with Gasteiger partial charge in [-0.25, -0.2) is 0 Å². The Balaban J connectivity index is 1.49. The first-order valence-corrected chi connectivity index (χ1v) is 7.95. The van der Waals surface area contributed by atoms with Gasteiger partial charge in [0, 0.05) is 0 Å². The van der Waals surface area contributed by atoms with E-state index in [1.165, 1.54) is 44.1 Å². The van der Waals surface area contributed by atoms with E-state index in [1.54, 1.807) is 0 Å². The number of epoxide rings is 1. The van der Waals surface area contributed by atoms with E-state index < -0.39 is 0 Å². The van der Waals surface area contributed by atoms with Crippen molar-refractivity contribution in [2.45, 2.75) is 63.6 Å². The zero-order valence-electron chi connectivity index (χ0n) is 12.2. The molecular weight excluding hydrogens is 246 g/mol. The summed E-state index contributed by atoms with van der Waals surface area (Å²) in [6, 6.07) is 10.4. The van der Waals surface area contributed by atoms with Crippen molar-refractivity contribution in [1.82, 2.24) is 0 Å². The number of hydrogen-bond acceptors (Lipinski definition) is 2. The van der Waals surface area contributed by atoms with Gasteiger partial charge in [0.05, 0.1) is 23.8 Å². The van der Waals surface area contributed by atoms with Crippen LogP contribution in [0.25, 0.3) is 0 Å². The third-order valence-corrected chi connectivity index (χ3v) is 5.01. The zero-order chi connectivity index (χ0) is 13.9. The van der Waals surface area contributed by atoms with Crippen molar-refractivity contribution >= 4 is 0 Å². The summed E-state index contributed by atoms with van der Waals surface area (Å²) in [4.78, 5) is 0. The van der Waals surface area contributed by atoms with Gasteiger partial charge in [-0.15, -0.1) is 0 Å². The van der Waals surface area contributed by atoms with Gasteiger partial charge >= 0.3 is 0 Å². The first kappa shape index (κ1) is 13.6. The fourth-order valence-corrected chi connectivity index (χ4v) is 3.64. The van der Waals surface area contributed by atoms with Gasteiger partial charge < -0.3 is 4.74 Å². The van der Waals surface area contributed by atoms with Crippen LogP contribution in [0.1, 0.15) is 62.5 Å². The summed E-state index contributed by atoms with van der Waals surface area (Å²) < 4.78 is 5.68. The summed E-state index contributed by atoms with van der Waals surface area (Å²) in [5, 5.41) is 8.84. The molecule has 0 spiro atoms. The van der Waals surface area contributed by atoms with Gasteiger partial charge in [0.1, 0.15) is 0 Å². The molecule has 1 saturated heterocycles. The van der Waals surface area contributed by atoms with Crippen molar-refractivity contribution in [2.24, 2.45) is 5.92 Å². The lowest BCUT2D eigenvalue weighted by atomic mass is 9.77. The predicted octanol–water partition coefficient (Wildman–Crippen LogP) is 4.40. The molecule has 106 valence electrons. The number of ether oxygens (including phenoxy) is 1. The van der Waals surface area contributed by atoms with Gasteiger partial charge in [-0.2, -0.15) is 5.26 Å². The Morgan fingerprint density at radius 3 is 2.35 bits per heavy atom. The molecule has 20 heavy (non-hydrogen) atoms. The molecule has 2 heteroatoms. The lowest BCUT2D eigenvalue weighted by Gasteiger charge is -2.28. The minimum atomic E-state index is 0.561. The monoisotopic (exact) mass is 269 g/mol. The van der Waals surface area contributed by atoms with E-state index in [-0.39, 0.29) is 0 Å². The highest BCUT2D eigenvalue weighted by Gasteiger charge is 2.39. The Bertz CT molecular complexity index is 479. The average molecular weight is 269 g/mol. The van der Waals surface area contributed by atoms with Gasteiger partial charge in [0.2, 0.25) is 0 Å². The molecule has 1 aliphatic heterocycles. The molecule has 0 radical (unpaired) electrons. The molecule has 1 aromatic carbocycles. The Kier molecular flexibility index (Phi) is 4.08. The van der Waals surface area contributed by atoms with Crippen molar-refractivity contribution in [1.29, 1.82) is 5.26 Å². The summed E-state index contributed by atoms with van der Waals surface area (Å²) >= 11 is 0. The summed E-state index contributed by atoms with van der Waals surface area (Å²) in [5.74, 6) is 1.56. The van der Waals surface area contributed by atoms with Crippen molar-refractivity contribution in [3.63, 3.8) is 0 Å². The van der Waals surface area contributed by atoms with Crippen LogP contribution >= 0.6 is 0 Å². The lowest BCUT2D eigenvalue weighted by Crippen LogP contribution is -2.15. The topological polar surface area (TPSA) is 36.3 Å². The molecule has 1 aliphatic carbocycles. The molecule has 0 N–H and O–H groups in total. The number of rotatable bonds is 4. The van der Waals surface area contributed by atoms with E-state index in [0.717, 1.165) is 11.5 Å². The van der Waals surface area contributed by atoms with Crippen LogP contribution < -0.4 is 0 Å². The largest absolute Gasteiger partial charge is 0.370 e. The van der Waals surface area contributed by atoms with Crippen molar-refractivity contribution < 1.29 is 4.74 Å². The van der Waals surface area contributed by atoms with E-state index in [1.807, 2.05) is 12.1 Å². The number of hydrogen-bond donors (Lipinski definition) is 0. The van der Waals surface area contributed by atoms with E-state index in [4.69, 9.17) is 10.00 Å². The van der Waals surface area contributed by atoms with Gasteiger partial charge in [0.25, 0.3) is 0 Å². The Morgan fingerprint density at radius 2 is 1.80 bits per heavy atom. The van der Waals surface area contributed by atoms with Crippen LogP contribution in [0.15, 0.2) is 24.3 Å². The number of nitrogens with zero attached hydrogens (tertiary/aromatic N) is 1. The SMILES string of the molecule is CC[C@@H]1O[C@H]1CC1CCC(c2ccc(C#N)cc2)CC1. The third kappa shape index (κ3) is 3.04. The second-order valence-corrected chi connectivity index (χ2v) is 6.31. The predicted molar refractivity (Wildman–Crippen MR) is 79.4 cm³/mol. The van der Waals surface area contributed by atoms with Crippen LogP contribution in [0, 0.1) is 17.2 Å². The zero-order valence-corrected chi connectivity index (χ0v) is 12.2. The van der Waals surface area contributed by atoms with E-state index in [2.05, 4.69) is 25.1 Å². The second-order valence-electron chi connectivity index (χ2n) is 6.31. The van der Waals surface area contributed by atoms with E-state index in [0.29, 0.717) is 18.1 Å².